The molecule has 1 amide bonds. The molecule has 0 unspecified atom stereocenters. The second-order valence-corrected chi connectivity index (χ2v) is 9.27. The molecule has 1 aromatic carbocycles. The fourth-order valence-corrected chi connectivity index (χ4v) is 6.24. The molecule has 22 heavy (non-hydrogen) atoms. The normalized spacial score (nSPS) is 29.5. The Morgan fingerprint density at radius 1 is 1.09 bits per heavy atom. The second-order valence-electron chi connectivity index (χ2n) is 6.54. The molecule has 120 valence electrons. The van der Waals surface area contributed by atoms with Crippen molar-refractivity contribution < 1.29 is 4.79 Å². The largest absolute Gasteiger partial charge is 0.349 e. The van der Waals surface area contributed by atoms with Crippen LogP contribution in [0.5, 0.6) is 0 Å². The summed E-state index contributed by atoms with van der Waals surface area (Å²) in [4.78, 5) is 12.5. The van der Waals surface area contributed by atoms with E-state index in [1.807, 2.05) is 35.7 Å². The van der Waals surface area contributed by atoms with E-state index in [1.54, 1.807) is 0 Å². The zero-order chi connectivity index (χ0) is 15.5. The van der Waals surface area contributed by atoms with E-state index < -0.39 is 0 Å². The Kier molecular flexibility index (Phi) is 5.40. The van der Waals surface area contributed by atoms with Crippen LogP contribution in [0.1, 0.15) is 53.6 Å². The van der Waals surface area contributed by atoms with Gasteiger partial charge in [-0.05, 0) is 36.0 Å². The lowest BCUT2D eigenvalue weighted by Gasteiger charge is -2.34. The monoisotopic (exact) mass is 335 g/mol. The summed E-state index contributed by atoms with van der Waals surface area (Å²) in [5.41, 5.74) is 2.13. The summed E-state index contributed by atoms with van der Waals surface area (Å²) in [6.07, 6.45) is 3.63. The molecule has 0 aromatic heterocycles. The Balaban J connectivity index is 1.62. The van der Waals surface area contributed by atoms with Gasteiger partial charge in [-0.2, -0.15) is 0 Å². The summed E-state index contributed by atoms with van der Waals surface area (Å²) in [6.45, 7) is 4.57. The number of amides is 1. The van der Waals surface area contributed by atoms with Gasteiger partial charge in [-0.25, -0.2) is 0 Å². The fourth-order valence-electron chi connectivity index (χ4n) is 3.38. The van der Waals surface area contributed by atoms with Crippen LogP contribution in [0.3, 0.4) is 0 Å². The maximum absolute atomic E-state index is 12.5. The van der Waals surface area contributed by atoms with E-state index in [0.29, 0.717) is 22.5 Å². The molecule has 0 spiro atoms. The molecule has 1 saturated carbocycles. The third-order valence-corrected chi connectivity index (χ3v) is 8.19. The molecule has 3 rings (SSSR count). The minimum absolute atomic E-state index is 0.0872. The van der Waals surface area contributed by atoms with Gasteiger partial charge in [0, 0.05) is 23.1 Å². The zero-order valence-electron chi connectivity index (χ0n) is 13.4. The van der Waals surface area contributed by atoms with Gasteiger partial charge in [0.2, 0.25) is 0 Å². The summed E-state index contributed by atoms with van der Waals surface area (Å²) in [7, 11) is 0. The van der Waals surface area contributed by atoms with Gasteiger partial charge in [0.05, 0.1) is 4.58 Å². The van der Waals surface area contributed by atoms with Crippen molar-refractivity contribution in [3.05, 3.63) is 35.4 Å². The van der Waals surface area contributed by atoms with Gasteiger partial charge >= 0.3 is 0 Å². The first kappa shape index (κ1) is 16.3. The molecule has 1 aromatic rings. The molecule has 2 aliphatic rings. The number of hydrogen-bond acceptors (Lipinski definition) is 3. The van der Waals surface area contributed by atoms with Crippen LogP contribution in [0.4, 0.5) is 0 Å². The smallest absolute Gasteiger partial charge is 0.251 e. The van der Waals surface area contributed by atoms with E-state index in [1.165, 1.54) is 29.9 Å². The molecule has 4 heteroatoms. The van der Waals surface area contributed by atoms with Crippen LogP contribution in [0.2, 0.25) is 0 Å². The summed E-state index contributed by atoms with van der Waals surface area (Å²) in [6, 6.07) is 8.55. The number of thioether (sulfide) groups is 2. The highest BCUT2D eigenvalue weighted by Gasteiger charge is 2.28. The number of carbonyl (C=O) groups is 1. The summed E-state index contributed by atoms with van der Waals surface area (Å²) in [5, 5.41) is 3.25. The molecule has 1 aliphatic carbocycles. The Morgan fingerprint density at radius 3 is 2.45 bits per heavy atom. The number of rotatable bonds is 3. The minimum atomic E-state index is 0.0872. The molecule has 3 atom stereocenters. The van der Waals surface area contributed by atoms with Gasteiger partial charge in [-0.1, -0.05) is 38.8 Å². The molecular formula is C18H25NOS2. The van der Waals surface area contributed by atoms with Gasteiger partial charge < -0.3 is 5.32 Å². The quantitative estimate of drug-likeness (QED) is 0.866. The average molecular weight is 336 g/mol. The molecular weight excluding hydrogens is 310 g/mol. The minimum Gasteiger partial charge on any atom is -0.349 e. The third-order valence-electron chi connectivity index (χ3n) is 5.09. The van der Waals surface area contributed by atoms with E-state index in [2.05, 4.69) is 31.3 Å². The maximum atomic E-state index is 12.5. The first-order chi connectivity index (χ1) is 10.6. The van der Waals surface area contributed by atoms with E-state index >= 15 is 0 Å². The average Bonchev–Trinajstić information content (AvgIpc) is 3.06. The van der Waals surface area contributed by atoms with Crippen molar-refractivity contribution in [2.24, 2.45) is 11.8 Å². The van der Waals surface area contributed by atoms with Gasteiger partial charge in [-0.15, -0.1) is 23.5 Å². The van der Waals surface area contributed by atoms with Crippen LogP contribution in [-0.2, 0) is 0 Å². The highest BCUT2D eigenvalue weighted by molar-refractivity contribution is 8.19. The zero-order valence-corrected chi connectivity index (χ0v) is 15.0. The van der Waals surface area contributed by atoms with Crippen LogP contribution < -0.4 is 5.32 Å². The van der Waals surface area contributed by atoms with E-state index in [9.17, 15) is 4.79 Å². The van der Waals surface area contributed by atoms with Gasteiger partial charge in [-0.3, -0.25) is 4.79 Å². The van der Waals surface area contributed by atoms with Crippen molar-refractivity contribution in [2.45, 2.75) is 43.7 Å². The van der Waals surface area contributed by atoms with Crippen molar-refractivity contribution in [3.63, 3.8) is 0 Å². The summed E-state index contributed by atoms with van der Waals surface area (Å²) >= 11 is 4.00. The second kappa shape index (κ2) is 7.31. The first-order valence-electron chi connectivity index (χ1n) is 8.29. The predicted octanol–water partition coefficient (Wildman–Crippen LogP) is 4.72. The molecule has 2 nitrogen and oxygen atoms in total. The number of hydrogen-bond donors (Lipinski definition) is 1. The van der Waals surface area contributed by atoms with Crippen LogP contribution >= 0.6 is 23.5 Å². The number of carbonyl (C=O) groups excluding carboxylic acids is 1. The fraction of sp³-hybridized carbons (Fsp3) is 0.611. The Hall–Kier alpha value is -0.610. The molecule has 1 heterocycles. The van der Waals surface area contributed by atoms with E-state index in [4.69, 9.17) is 0 Å². The SMILES string of the molecule is C[C@@H]1[C@H](C)CCC[C@@H]1NC(=O)c1ccc(C2SCCS2)cc1. The molecule has 1 aliphatic heterocycles. The molecule has 0 radical (unpaired) electrons. The number of nitrogens with one attached hydrogen (secondary N) is 1. The van der Waals surface area contributed by atoms with Crippen molar-refractivity contribution in [1.29, 1.82) is 0 Å². The summed E-state index contributed by atoms with van der Waals surface area (Å²) in [5.74, 6) is 3.83. The Morgan fingerprint density at radius 2 is 1.77 bits per heavy atom. The molecule has 2 fully saturated rings. The highest BCUT2D eigenvalue weighted by Crippen LogP contribution is 2.45. The molecule has 0 bridgehead atoms. The van der Waals surface area contributed by atoms with Crippen LogP contribution in [0.25, 0.3) is 0 Å². The topological polar surface area (TPSA) is 29.1 Å². The van der Waals surface area contributed by atoms with E-state index in [0.717, 1.165) is 12.0 Å². The maximum Gasteiger partial charge on any atom is 0.251 e. The van der Waals surface area contributed by atoms with Crippen molar-refractivity contribution in [1.82, 2.24) is 5.32 Å². The molecule has 1 N–H and O–H groups in total. The van der Waals surface area contributed by atoms with E-state index in [-0.39, 0.29) is 5.91 Å². The standard InChI is InChI=1S/C18H25NOS2/c1-12-4-3-5-16(13(12)2)19-17(20)14-6-8-15(9-7-14)18-21-10-11-22-18/h6-9,12-13,16,18H,3-5,10-11H2,1-2H3,(H,19,20)/t12-,13-,16+/m1/s1. The predicted molar refractivity (Wildman–Crippen MR) is 97.5 cm³/mol. The van der Waals surface area contributed by atoms with Crippen molar-refractivity contribution >= 4 is 29.4 Å². The Labute approximate surface area is 142 Å². The Bertz CT molecular complexity index is 510. The van der Waals surface area contributed by atoms with Gasteiger partial charge in [0.25, 0.3) is 5.91 Å². The highest BCUT2D eigenvalue weighted by atomic mass is 32.2. The van der Waals surface area contributed by atoms with Gasteiger partial charge in [0.1, 0.15) is 0 Å². The van der Waals surface area contributed by atoms with Crippen molar-refractivity contribution in [2.75, 3.05) is 11.5 Å². The third kappa shape index (κ3) is 3.65. The lowest BCUT2D eigenvalue weighted by molar-refractivity contribution is 0.0891. The lowest BCUT2D eigenvalue weighted by atomic mass is 9.78. The molecule has 1 saturated heterocycles. The van der Waals surface area contributed by atoms with Crippen molar-refractivity contribution in [3.8, 4) is 0 Å². The van der Waals surface area contributed by atoms with Crippen LogP contribution in [0, 0.1) is 11.8 Å². The first-order valence-corrected chi connectivity index (χ1v) is 10.4. The lowest BCUT2D eigenvalue weighted by Crippen LogP contribution is -2.43. The summed E-state index contributed by atoms with van der Waals surface area (Å²) < 4.78 is 0.552. The van der Waals surface area contributed by atoms with Crippen LogP contribution in [0.15, 0.2) is 24.3 Å². The van der Waals surface area contributed by atoms with Gasteiger partial charge in [0.15, 0.2) is 0 Å². The number of benzene rings is 1. The van der Waals surface area contributed by atoms with Crippen LogP contribution in [-0.4, -0.2) is 23.5 Å².